The average Bonchev–Trinajstić information content (AvgIpc) is 2.52. The number of methoxy groups -OCH3 is 1. The van der Waals surface area contributed by atoms with E-state index in [1.54, 1.807) is 11.7 Å². The van der Waals surface area contributed by atoms with E-state index in [0.29, 0.717) is 23.4 Å². The molecule has 2 rings (SSSR count). The minimum atomic E-state index is -0.892. The van der Waals surface area contributed by atoms with Gasteiger partial charge in [-0.25, -0.2) is 8.78 Å². The molecule has 6 heteroatoms. The second-order valence-electron chi connectivity index (χ2n) is 3.29. The lowest BCUT2D eigenvalue weighted by Crippen LogP contribution is -2.16. The molecule has 0 aliphatic heterocycles. The molecule has 1 N–H and O–H groups in total. The van der Waals surface area contributed by atoms with E-state index in [1.165, 1.54) is 0 Å². The molecule has 0 saturated carbocycles. The van der Waals surface area contributed by atoms with Gasteiger partial charge in [0.2, 0.25) is 0 Å². The molecule has 16 heavy (non-hydrogen) atoms. The highest BCUT2D eigenvalue weighted by atomic mass is 32.1. The largest absolute Gasteiger partial charge is 0.383 e. The SMILES string of the molecule is COCCn1c(=N)sc2cc(F)c(F)cc21. The van der Waals surface area contributed by atoms with Crippen LogP contribution < -0.4 is 4.80 Å². The number of thiazole rings is 1. The van der Waals surface area contributed by atoms with Crippen molar-refractivity contribution < 1.29 is 13.5 Å². The second kappa shape index (κ2) is 4.31. The van der Waals surface area contributed by atoms with Crippen molar-refractivity contribution in [2.45, 2.75) is 6.54 Å². The number of halogens is 2. The van der Waals surface area contributed by atoms with Crippen molar-refractivity contribution in [3.05, 3.63) is 28.6 Å². The van der Waals surface area contributed by atoms with Crippen LogP contribution in [0.4, 0.5) is 8.78 Å². The summed E-state index contributed by atoms with van der Waals surface area (Å²) < 4.78 is 33.1. The third-order valence-electron chi connectivity index (χ3n) is 2.26. The molecule has 3 nitrogen and oxygen atoms in total. The highest BCUT2D eigenvalue weighted by Gasteiger charge is 2.10. The van der Waals surface area contributed by atoms with Gasteiger partial charge in [-0.3, -0.25) is 5.41 Å². The van der Waals surface area contributed by atoms with Crippen molar-refractivity contribution >= 4 is 21.6 Å². The molecule has 0 unspecified atom stereocenters. The average molecular weight is 244 g/mol. The van der Waals surface area contributed by atoms with Gasteiger partial charge in [-0.05, 0) is 6.07 Å². The molecule has 0 fully saturated rings. The third kappa shape index (κ3) is 1.85. The predicted octanol–water partition coefficient (Wildman–Crippen LogP) is 2.11. The molecular formula is C10H10F2N2OS. The van der Waals surface area contributed by atoms with E-state index < -0.39 is 11.6 Å². The Morgan fingerprint density at radius 3 is 2.75 bits per heavy atom. The van der Waals surface area contributed by atoms with Crippen LogP contribution in [0.1, 0.15) is 0 Å². The maximum Gasteiger partial charge on any atom is 0.182 e. The van der Waals surface area contributed by atoms with E-state index in [4.69, 9.17) is 10.1 Å². The minimum Gasteiger partial charge on any atom is -0.383 e. The van der Waals surface area contributed by atoms with E-state index in [1.807, 2.05) is 0 Å². The van der Waals surface area contributed by atoms with Gasteiger partial charge >= 0.3 is 0 Å². The summed E-state index contributed by atoms with van der Waals surface area (Å²) >= 11 is 1.12. The third-order valence-corrected chi connectivity index (χ3v) is 3.22. The van der Waals surface area contributed by atoms with Gasteiger partial charge in [0, 0.05) is 19.7 Å². The Hall–Kier alpha value is -1.27. The van der Waals surface area contributed by atoms with Gasteiger partial charge in [0.25, 0.3) is 0 Å². The van der Waals surface area contributed by atoms with Crippen molar-refractivity contribution in [3.8, 4) is 0 Å². The molecular weight excluding hydrogens is 234 g/mol. The van der Waals surface area contributed by atoms with Gasteiger partial charge < -0.3 is 9.30 Å². The summed E-state index contributed by atoms with van der Waals surface area (Å²) in [5.74, 6) is -1.77. The highest BCUT2D eigenvalue weighted by Crippen LogP contribution is 2.20. The zero-order valence-electron chi connectivity index (χ0n) is 8.59. The Balaban J connectivity index is 2.60. The van der Waals surface area contributed by atoms with Gasteiger partial charge in [0.15, 0.2) is 16.4 Å². The number of nitrogens with zero attached hydrogens (tertiary/aromatic N) is 1. The first kappa shape index (κ1) is 11.2. The van der Waals surface area contributed by atoms with Crippen LogP contribution in [0.15, 0.2) is 12.1 Å². The van der Waals surface area contributed by atoms with Crippen LogP contribution in [0.2, 0.25) is 0 Å². The van der Waals surface area contributed by atoms with E-state index in [9.17, 15) is 8.78 Å². The maximum absolute atomic E-state index is 13.1. The number of aromatic nitrogens is 1. The first-order valence-corrected chi connectivity index (χ1v) is 5.47. The number of ether oxygens (including phenoxy) is 1. The number of hydrogen-bond acceptors (Lipinski definition) is 3. The lowest BCUT2D eigenvalue weighted by molar-refractivity contribution is 0.187. The van der Waals surface area contributed by atoms with Crippen LogP contribution in [0.3, 0.4) is 0 Å². The Morgan fingerprint density at radius 2 is 2.06 bits per heavy atom. The Bertz CT molecular complexity index is 576. The number of rotatable bonds is 3. The summed E-state index contributed by atoms with van der Waals surface area (Å²) in [6.07, 6.45) is 0. The van der Waals surface area contributed by atoms with Gasteiger partial charge in [0.05, 0.1) is 16.8 Å². The van der Waals surface area contributed by atoms with Gasteiger partial charge in [-0.2, -0.15) is 0 Å². The molecule has 2 aromatic rings. The topological polar surface area (TPSA) is 38.0 Å². The molecule has 1 heterocycles. The van der Waals surface area contributed by atoms with Gasteiger partial charge in [-0.1, -0.05) is 11.3 Å². The standard InChI is InChI=1S/C10H10F2N2OS/c1-15-3-2-14-8-4-6(11)7(12)5-9(8)16-10(14)13/h4-5,13H,2-3H2,1H3. The molecule has 1 aromatic carbocycles. The van der Waals surface area contributed by atoms with Crippen LogP contribution in [0, 0.1) is 17.0 Å². The van der Waals surface area contributed by atoms with E-state index in [-0.39, 0.29) is 4.80 Å². The zero-order chi connectivity index (χ0) is 11.7. The van der Waals surface area contributed by atoms with E-state index in [2.05, 4.69) is 0 Å². The predicted molar refractivity (Wildman–Crippen MR) is 57.5 cm³/mol. The number of fused-ring (bicyclic) bond motifs is 1. The molecule has 0 bridgehead atoms. The number of benzene rings is 1. The molecule has 1 aromatic heterocycles. The van der Waals surface area contributed by atoms with Crippen LogP contribution in [0.25, 0.3) is 10.2 Å². The minimum absolute atomic E-state index is 0.261. The fraction of sp³-hybridized carbons (Fsp3) is 0.300. The molecule has 0 spiro atoms. The van der Waals surface area contributed by atoms with E-state index in [0.717, 1.165) is 23.5 Å². The molecule has 0 amide bonds. The quantitative estimate of drug-likeness (QED) is 0.882. The molecule has 86 valence electrons. The first-order valence-electron chi connectivity index (χ1n) is 4.65. The lowest BCUT2D eigenvalue weighted by atomic mass is 10.3. The van der Waals surface area contributed by atoms with Crippen molar-refractivity contribution in [3.63, 3.8) is 0 Å². The number of nitrogens with one attached hydrogen (secondary N) is 1. The first-order chi connectivity index (χ1) is 7.63. The molecule has 0 radical (unpaired) electrons. The van der Waals surface area contributed by atoms with Crippen molar-refractivity contribution in [1.29, 1.82) is 5.41 Å². The highest BCUT2D eigenvalue weighted by molar-refractivity contribution is 7.16. The monoisotopic (exact) mass is 244 g/mol. The van der Waals surface area contributed by atoms with Crippen LogP contribution >= 0.6 is 11.3 Å². The molecule has 0 saturated heterocycles. The molecule has 0 atom stereocenters. The summed E-state index contributed by atoms with van der Waals surface area (Å²) in [4.78, 5) is 0.261. The summed E-state index contributed by atoms with van der Waals surface area (Å²) in [7, 11) is 1.55. The Labute approximate surface area is 94.4 Å². The Morgan fingerprint density at radius 1 is 1.38 bits per heavy atom. The smallest absolute Gasteiger partial charge is 0.182 e. The molecule has 0 aliphatic carbocycles. The van der Waals surface area contributed by atoms with Crippen LogP contribution in [-0.4, -0.2) is 18.3 Å². The summed E-state index contributed by atoms with van der Waals surface area (Å²) in [6.45, 7) is 0.891. The van der Waals surface area contributed by atoms with Crippen molar-refractivity contribution in [2.24, 2.45) is 0 Å². The van der Waals surface area contributed by atoms with Crippen LogP contribution in [0.5, 0.6) is 0 Å². The normalized spacial score (nSPS) is 11.2. The lowest BCUT2D eigenvalue weighted by Gasteiger charge is -2.03. The zero-order valence-corrected chi connectivity index (χ0v) is 9.41. The summed E-state index contributed by atoms with van der Waals surface area (Å²) in [6, 6.07) is 2.24. The van der Waals surface area contributed by atoms with Gasteiger partial charge in [0.1, 0.15) is 0 Å². The van der Waals surface area contributed by atoms with E-state index >= 15 is 0 Å². The van der Waals surface area contributed by atoms with Gasteiger partial charge in [-0.15, -0.1) is 0 Å². The van der Waals surface area contributed by atoms with Crippen molar-refractivity contribution in [2.75, 3.05) is 13.7 Å². The fourth-order valence-electron chi connectivity index (χ4n) is 1.48. The fourth-order valence-corrected chi connectivity index (χ4v) is 2.43. The summed E-state index contributed by atoms with van der Waals surface area (Å²) in [5, 5.41) is 7.70. The maximum atomic E-state index is 13.1. The molecule has 0 aliphatic rings. The second-order valence-corrected chi connectivity index (χ2v) is 4.32. The Kier molecular flexibility index (Phi) is 3.02. The van der Waals surface area contributed by atoms with Crippen molar-refractivity contribution in [1.82, 2.24) is 4.57 Å². The number of hydrogen-bond donors (Lipinski definition) is 1. The summed E-state index contributed by atoms with van der Waals surface area (Å²) in [5.41, 5.74) is 0.533. The van der Waals surface area contributed by atoms with Crippen LogP contribution in [-0.2, 0) is 11.3 Å².